The zero-order chi connectivity index (χ0) is 10.9. The summed E-state index contributed by atoms with van der Waals surface area (Å²) in [7, 11) is 0. The molecule has 3 nitrogen and oxygen atoms in total. The SMILES string of the molecule is CC(O)(c1ccco1)C1CCCC(=O)C1. The van der Waals surface area contributed by atoms with Crippen LogP contribution >= 0.6 is 0 Å². The second-order valence-corrected chi connectivity index (χ2v) is 4.46. The van der Waals surface area contributed by atoms with Crippen LogP contribution in [0.25, 0.3) is 0 Å². The van der Waals surface area contributed by atoms with Gasteiger partial charge in [0, 0.05) is 18.8 Å². The smallest absolute Gasteiger partial charge is 0.135 e. The number of hydrogen-bond acceptors (Lipinski definition) is 3. The van der Waals surface area contributed by atoms with E-state index in [1.54, 1.807) is 25.3 Å². The van der Waals surface area contributed by atoms with Gasteiger partial charge in [-0.3, -0.25) is 4.79 Å². The molecule has 1 aliphatic rings. The molecule has 2 atom stereocenters. The van der Waals surface area contributed by atoms with Crippen molar-refractivity contribution in [3.8, 4) is 0 Å². The highest BCUT2D eigenvalue weighted by Crippen LogP contribution is 2.37. The molecule has 2 rings (SSSR count). The van der Waals surface area contributed by atoms with E-state index in [2.05, 4.69) is 0 Å². The first-order valence-electron chi connectivity index (χ1n) is 5.39. The molecule has 1 saturated carbocycles. The van der Waals surface area contributed by atoms with Crippen molar-refractivity contribution in [2.75, 3.05) is 0 Å². The van der Waals surface area contributed by atoms with Gasteiger partial charge in [0.25, 0.3) is 0 Å². The van der Waals surface area contributed by atoms with Crippen LogP contribution < -0.4 is 0 Å². The zero-order valence-corrected chi connectivity index (χ0v) is 8.90. The molecule has 0 amide bonds. The predicted molar refractivity (Wildman–Crippen MR) is 55.2 cm³/mol. The van der Waals surface area contributed by atoms with Gasteiger partial charge in [-0.1, -0.05) is 0 Å². The number of aliphatic hydroxyl groups is 1. The van der Waals surface area contributed by atoms with Crippen LogP contribution in [0.1, 0.15) is 38.4 Å². The quantitative estimate of drug-likeness (QED) is 0.810. The summed E-state index contributed by atoms with van der Waals surface area (Å²) in [6, 6.07) is 3.52. The molecule has 1 N–H and O–H groups in total. The molecule has 0 saturated heterocycles. The third-order valence-corrected chi connectivity index (χ3v) is 3.30. The summed E-state index contributed by atoms with van der Waals surface area (Å²) in [4.78, 5) is 11.3. The summed E-state index contributed by atoms with van der Waals surface area (Å²) in [6.45, 7) is 1.73. The second kappa shape index (κ2) is 3.81. The standard InChI is InChI=1S/C12H16O3/c1-12(14,11-6-3-7-15-11)9-4-2-5-10(13)8-9/h3,6-7,9,14H,2,4-5,8H2,1H3. The van der Waals surface area contributed by atoms with Gasteiger partial charge < -0.3 is 9.52 Å². The molecule has 1 fully saturated rings. The minimum atomic E-state index is -1.01. The first kappa shape index (κ1) is 10.4. The Hall–Kier alpha value is -1.09. The lowest BCUT2D eigenvalue weighted by atomic mass is 9.76. The molecule has 0 radical (unpaired) electrons. The number of carbonyl (C=O) groups excluding carboxylic acids is 1. The van der Waals surface area contributed by atoms with Crippen molar-refractivity contribution >= 4 is 5.78 Å². The molecule has 0 bridgehead atoms. The minimum Gasteiger partial charge on any atom is -0.466 e. The maximum atomic E-state index is 11.3. The largest absolute Gasteiger partial charge is 0.466 e. The lowest BCUT2D eigenvalue weighted by molar-refractivity contribution is -0.126. The van der Waals surface area contributed by atoms with Crippen LogP contribution in [0.15, 0.2) is 22.8 Å². The van der Waals surface area contributed by atoms with Gasteiger partial charge in [0.15, 0.2) is 0 Å². The molecule has 1 aliphatic carbocycles. The van der Waals surface area contributed by atoms with Crippen LogP contribution in [0.3, 0.4) is 0 Å². The number of Topliss-reactive ketones (excluding diaryl/α,β-unsaturated/α-hetero) is 1. The van der Waals surface area contributed by atoms with E-state index in [1.807, 2.05) is 0 Å². The average Bonchev–Trinajstić information content (AvgIpc) is 2.71. The molecule has 1 aromatic rings. The van der Waals surface area contributed by atoms with Crippen molar-refractivity contribution in [3.05, 3.63) is 24.2 Å². The summed E-state index contributed by atoms with van der Waals surface area (Å²) in [5.41, 5.74) is -1.01. The highest BCUT2D eigenvalue weighted by molar-refractivity contribution is 5.79. The summed E-state index contributed by atoms with van der Waals surface area (Å²) in [6.07, 6.45) is 4.44. The number of rotatable bonds is 2. The van der Waals surface area contributed by atoms with E-state index in [9.17, 15) is 9.90 Å². The van der Waals surface area contributed by atoms with E-state index in [0.29, 0.717) is 18.6 Å². The summed E-state index contributed by atoms with van der Waals surface area (Å²) in [5.74, 6) is 0.796. The van der Waals surface area contributed by atoms with Crippen molar-refractivity contribution in [3.63, 3.8) is 0 Å². The van der Waals surface area contributed by atoms with Crippen molar-refractivity contribution in [2.24, 2.45) is 5.92 Å². The molecule has 1 aromatic heterocycles. The Morgan fingerprint density at radius 3 is 3.00 bits per heavy atom. The summed E-state index contributed by atoms with van der Waals surface area (Å²) < 4.78 is 5.23. The van der Waals surface area contributed by atoms with Crippen LogP contribution in [0.2, 0.25) is 0 Å². The molecule has 82 valence electrons. The normalized spacial score (nSPS) is 26.3. The first-order valence-corrected chi connectivity index (χ1v) is 5.39. The fourth-order valence-electron chi connectivity index (χ4n) is 2.27. The van der Waals surface area contributed by atoms with E-state index in [1.165, 1.54) is 0 Å². The molecule has 1 heterocycles. The van der Waals surface area contributed by atoms with Gasteiger partial charge in [-0.05, 0) is 31.9 Å². The first-order chi connectivity index (χ1) is 7.10. The van der Waals surface area contributed by atoms with Crippen molar-refractivity contribution in [1.29, 1.82) is 0 Å². The molecule has 0 aliphatic heterocycles. The lowest BCUT2D eigenvalue weighted by Crippen LogP contribution is -2.35. The highest BCUT2D eigenvalue weighted by Gasteiger charge is 2.38. The monoisotopic (exact) mass is 208 g/mol. The number of furan rings is 1. The van der Waals surface area contributed by atoms with Crippen LogP contribution in [-0.4, -0.2) is 10.9 Å². The van der Waals surface area contributed by atoms with Crippen LogP contribution in [0.5, 0.6) is 0 Å². The number of carbonyl (C=O) groups is 1. The van der Waals surface area contributed by atoms with Gasteiger partial charge in [0.1, 0.15) is 17.1 Å². The van der Waals surface area contributed by atoms with Crippen molar-refractivity contribution in [1.82, 2.24) is 0 Å². The number of hydrogen-bond donors (Lipinski definition) is 1. The Morgan fingerprint density at radius 2 is 2.40 bits per heavy atom. The van der Waals surface area contributed by atoms with Crippen molar-refractivity contribution < 1.29 is 14.3 Å². The Labute approximate surface area is 89.1 Å². The maximum Gasteiger partial charge on any atom is 0.135 e. The van der Waals surface area contributed by atoms with Gasteiger partial charge in [-0.2, -0.15) is 0 Å². The zero-order valence-electron chi connectivity index (χ0n) is 8.90. The van der Waals surface area contributed by atoms with Gasteiger partial charge in [0.2, 0.25) is 0 Å². The van der Waals surface area contributed by atoms with Gasteiger partial charge >= 0.3 is 0 Å². The third-order valence-electron chi connectivity index (χ3n) is 3.30. The van der Waals surface area contributed by atoms with Crippen LogP contribution in [0, 0.1) is 5.92 Å². The predicted octanol–water partition coefficient (Wildman–Crippen LogP) is 2.25. The number of ketones is 1. The van der Waals surface area contributed by atoms with Crippen molar-refractivity contribution in [2.45, 2.75) is 38.2 Å². The van der Waals surface area contributed by atoms with E-state index in [0.717, 1.165) is 12.8 Å². The highest BCUT2D eigenvalue weighted by atomic mass is 16.4. The fraction of sp³-hybridized carbons (Fsp3) is 0.583. The molecule has 3 heteroatoms. The van der Waals surface area contributed by atoms with E-state index in [-0.39, 0.29) is 11.7 Å². The van der Waals surface area contributed by atoms with Crippen LogP contribution in [0.4, 0.5) is 0 Å². The fourth-order valence-corrected chi connectivity index (χ4v) is 2.27. The van der Waals surface area contributed by atoms with E-state index < -0.39 is 5.60 Å². The average molecular weight is 208 g/mol. The maximum absolute atomic E-state index is 11.3. The minimum absolute atomic E-state index is 0.00935. The Balaban J connectivity index is 2.18. The molecular weight excluding hydrogens is 192 g/mol. The topological polar surface area (TPSA) is 50.4 Å². The van der Waals surface area contributed by atoms with E-state index >= 15 is 0 Å². The summed E-state index contributed by atoms with van der Waals surface area (Å²) in [5, 5.41) is 10.4. The molecule has 2 unspecified atom stereocenters. The van der Waals surface area contributed by atoms with Gasteiger partial charge in [-0.25, -0.2) is 0 Å². The van der Waals surface area contributed by atoms with E-state index in [4.69, 9.17) is 4.42 Å². The molecule has 0 aromatic carbocycles. The summed E-state index contributed by atoms with van der Waals surface area (Å²) >= 11 is 0. The molecular formula is C12H16O3. The Morgan fingerprint density at radius 1 is 1.60 bits per heavy atom. The molecule has 15 heavy (non-hydrogen) atoms. The molecule has 0 spiro atoms. The second-order valence-electron chi connectivity index (χ2n) is 4.46. The van der Waals surface area contributed by atoms with Gasteiger partial charge in [-0.15, -0.1) is 0 Å². The Kier molecular flexibility index (Phi) is 2.65. The third kappa shape index (κ3) is 1.97. The van der Waals surface area contributed by atoms with Crippen LogP contribution in [-0.2, 0) is 10.4 Å². The van der Waals surface area contributed by atoms with Gasteiger partial charge in [0.05, 0.1) is 6.26 Å². The lowest BCUT2D eigenvalue weighted by Gasteiger charge is -2.33. The Bertz CT molecular complexity index is 338.